The molecule has 2 fully saturated rings. The van der Waals surface area contributed by atoms with Crippen LogP contribution in [0.15, 0.2) is 66.9 Å². The van der Waals surface area contributed by atoms with Crippen molar-refractivity contribution in [2.24, 2.45) is 11.8 Å². The molecule has 4 amide bonds. The van der Waals surface area contributed by atoms with Crippen LogP contribution in [-0.4, -0.2) is 106 Å². The second kappa shape index (κ2) is 19.2. The fourth-order valence-electron chi connectivity index (χ4n) is 7.66. The van der Waals surface area contributed by atoms with Gasteiger partial charge in [0, 0.05) is 82.3 Å². The van der Waals surface area contributed by atoms with Crippen LogP contribution < -0.4 is 10.6 Å². The first kappa shape index (κ1) is 40.7. The standard InChI is InChI=1S/C41H50F2N6O7/c1-27(50)40(53)49(25-30-22-44-23-35(30)56-41(54)45-17-7-2-3-8-18-48-36(51)13-14-37(48)52)38(29-15-19-55-20-16-29)39-46-34(32-21-31(42)11-12-33(32)43)26-47(39)24-28-9-5-4-6-10-28/h4-6,9-14,21,26-27,29-30,35,38,44,50H,2-3,7-8,15-20,22-25H2,1H3,(H,45,54)/t27-,30-,35+,38+/m0/s1. The Bertz CT molecular complexity index is 1850. The number of hydrogen-bond acceptors (Lipinski definition) is 9. The Morgan fingerprint density at radius 1 is 1.04 bits per heavy atom. The van der Waals surface area contributed by atoms with Crippen LogP contribution in [0, 0.1) is 23.5 Å². The molecule has 0 radical (unpaired) electrons. The number of hydrogen-bond donors (Lipinski definition) is 3. The molecule has 0 spiro atoms. The van der Waals surface area contributed by atoms with E-state index < -0.39 is 41.9 Å². The largest absolute Gasteiger partial charge is 0.444 e. The molecular weight excluding hydrogens is 726 g/mol. The van der Waals surface area contributed by atoms with Gasteiger partial charge in [0.05, 0.1) is 11.7 Å². The quantitative estimate of drug-likeness (QED) is 0.134. The highest BCUT2D eigenvalue weighted by Crippen LogP contribution is 2.38. The molecule has 0 saturated carbocycles. The molecule has 4 heterocycles. The lowest BCUT2D eigenvalue weighted by atomic mass is 9.88. The maximum Gasteiger partial charge on any atom is 0.407 e. The number of amides is 4. The van der Waals surface area contributed by atoms with Gasteiger partial charge in [-0.1, -0.05) is 43.2 Å². The summed E-state index contributed by atoms with van der Waals surface area (Å²) >= 11 is 0. The average Bonchev–Trinajstić information content (AvgIpc) is 3.90. The topological polar surface area (TPSA) is 155 Å². The van der Waals surface area contributed by atoms with E-state index in [4.69, 9.17) is 14.5 Å². The van der Waals surface area contributed by atoms with Crippen LogP contribution in [0.2, 0.25) is 0 Å². The zero-order valence-corrected chi connectivity index (χ0v) is 31.6. The van der Waals surface area contributed by atoms with Crippen molar-refractivity contribution in [2.45, 2.75) is 70.2 Å². The summed E-state index contributed by atoms with van der Waals surface area (Å²) < 4.78 is 43.1. The number of aromatic nitrogens is 2. The number of imidazole rings is 1. The van der Waals surface area contributed by atoms with E-state index in [0.717, 1.165) is 36.6 Å². The third-order valence-electron chi connectivity index (χ3n) is 10.6. The highest BCUT2D eigenvalue weighted by molar-refractivity contribution is 6.12. The molecule has 3 aliphatic rings. The van der Waals surface area contributed by atoms with Gasteiger partial charge < -0.3 is 34.7 Å². The molecule has 4 atom stereocenters. The van der Waals surface area contributed by atoms with E-state index in [0.29, 0.717) is 77.4 Å². The van der Waals surface area contributed by atoms with Gasteiger partial charge in [-0.25, -0.2) is 18.6 Å². The smallest absolute Gasteiger partial charge is 0.407 e. The summed E-state index contributed by atoms with van der Waals surface area (Å²) in [5, 5.41) is 16.9. The molecule has 0 aliphatic carbocycles. The highest BCUT2D eigenvalue weighted by Gasteiger charge is 2.42. The maximum absolute atomic E-state index is 15.2. The van der Waals surface area contributed by atoms with Crippen molar-refractivity contribution in [2.75, 3.05) is 45.9 Å². The average molecular weight is 777 g/mol. The van der Waals surface area contributed by atoms with E-state index in [1.807, 2.05) is 34.9 Å². The number of nitrogens with zero attached hydrogens (tertiary/aromatic N) is 4. The SMILES string of the molecule is C[C@H](O)C(=O)N(C[C@@H]1CNC[C@H]1OC(=O)NCCCCCCN1C(=O)C=CC1=O)[C@@H](c1nc(-c2cc(F)ccc2F)cn1Cc1ccccc1)C1CCOCC1. The minimum Gasteiger partial charge on any atom is -0.444 e. The summed E-state index contributed by atoms with van der Waals surface area (Å²) in [6.07, 6.45) is 5.80. The zero-order valence-electron chi connectivity index (χ0n) is 31.6. The van der Waals surface area contributed by atoms with E-state index in [2.05, 4.69) is 10.6 Å². The van der Waals surface area contributed by atoms with Gasteiger partial charge in [-0.15, -0.1) is 0 Å². The summed E-state index contributed by atoms with van der Waals surface area (Å²) in [5.41, 5.74) is 1.14. The van der Waals surface area contributed by atoms with Crippen LogP contribution >= 0.6 is 0 Å². The number of imide groups is 1. The molecule has 13 nitrogen and oxygen atoms in total. The molecule has 2 saturated heterocycles. The third kappa shape index (κ3) is 10.2. The Kier molecular flexibility index (Phi) is 14.0. The molecule has 6 rings (SSSR count). The zero-order chi connectivity index (χ0) is 39.6. The predicted octanol–water partition coefficient (Wildman–Crippen LogP) is 4.35. The second-order valence-corrected chi connectivity index (χ2v) is 14.6. The molecule has 1 aromatic heterocycles. The van der Waals surface area contributed by atoms with Crippen LogP contribution in [0.25, 0.3) is 11.3 Å². The molecule has 0 unspecified atom stereocenters. The number of aliphatic hydroxyl groups is 1. The fraction of sp³-hybridized carbons (Fsp3) is 0.488. The van der Waals surface area contributed by atoms with E-state index in [1.54, 1.807) is 11.1 Å². The van der Waals surface area contributed by atoms with Gasteiger partial charge in [0.15, 0.2) is 0 Å². The minimum atomic E-state index is -1.36. The first-order valence-electron chi connectivity index (χ1n) is 19.4. The lowest BCUT2D eigenvalue weighted by molar-refractivity contribution is -0.146. The van der Waals surface area contributed by atoms with Crippen molar-refractivity contribution in [1.29, 1.82) is 0 Å². The summed E-state index contributed by atoms with van der Waals surface area (Å²) in [7, 11) is 0. The lowest BCUT2D eigenvalue weighted by Gasteiger charge is -2.40. The predicted molar refractivity (Wildman–Crippen MR) is 202 cm³/mol. The first-order valence-corrected chi connectivity index (χ1v) is 19.4. The van der Waals surface area contributed by atoms with Crippen LogP contribution in [0.4, 0.5) is 13.6 Å². The van der Waals surface area contributed by atoms with Crippen molar-refractivity contribution in [3.05, 3.63) is 89.9 Å². The molecule has 56 heavy (non-hydrogen) atoms. The Morgan fingerprint density at radius 3 is 2.50 bits per heavy atom. The summed E-state index contributed by atoms with van der Waals surface area (Å²) in [4.78, 5) is 58.3. The number of aliphatic hydroxyl groups excluding tert-OH is 1. The number of benzene rings is 2. The minimum absolute atomic E-state index is 0.00994. The Morgan fingerprint density at radius 2 is 1.77 bits per heavy atom. The molecule has 2 aromatic carbocycles. The number of halogens is 2. The summed E-state index contributed by atoms with van der Waals surface area (Å²) in [5.74, 6) is -2.39. The Hall–Kier alpha value is -4.99. The van der Waals surface area contributed by atoms with Crippen LogP contribution in [0.5, 0.6) is 0 Å². The van der Waals surface area contributed by atoms with Crippen molar-refractivity contribution in [3.8, 4) is 11.3 Å². The maximum atomic E-state index is 15.2. The molecule has 0 bridgehead atoms. The number of rotatable bonds is 17. The van der Waals surface area contributed by atoms with E-state index >= 15 is 4.39 Å². The van der Waals surface area contributed by atoms with Gasteiger partial charge in [-0.2, -0.15) is 0 Å². The summed E-state index contributed by atoms with van der Waals surface area (Å²) in [6.45, 7) is 4.33. The van der Waals surface area contributed by atoms with Gasteiger partial charge in [-0.3, -0.25) is 19.3 Å². The van der Waals surface area contributed by atoms with Crippen molar-refractivity contribution in [3.63, 3.8) is 0 Å². The number of ether oxygens (including phenoxy) is 2. The van der Waals surface area contributed by atoms with Gasteiger partial charge >= 0.3 is 6.09 Å². The normalized spacial score (nSPS) is 19.7. The first-order chi connectivity index (χ1) is 27.1. The monoisotopic (exact) mass is 776 g/mol. The summed E-state index contributed by atoms with van der Waals surface area (Å²) in [6, 6.07) is 12.1. The lowest BCUT2D eigenvalue weighted by Crippen LogP contribution is -2.49. The van der Waals surface area contributed by atoms with E-state index in [1.165, 1.54) is 24.0 Å². The van der Waals surface area contributed by atoms with Crippen LogP contribution in [-0.2, 0) is 30.4 Å². The number of nitrogens with one attached hydrogen (secondary N) is 2. The highest BCUT2D eigenvalue weighted by atomic mass is 19.1. The number of unbranched alkanes of at least 4 members (excludes halogenated alkanes) is 3. The number of alkyl carbamates (subject to hydrolysis) is 1. The Labute approximate surface area is 325 Å². The van der Waals surface area contributed by atoms with Crippen molar-refractivity contribution >= 4 is 23.8 Å². The van der Waals surface area contributed by atoms with Gasteiger partial charge in [-0.05, 0) is 62.3 Å². The third-order valence-corrected chi connectivity index (χ3v) is 10.6. The number of carbonyl (C=O) groups is 4. The van der Waals surface area contributed by atoms with E-state index in [9.17, 15) is 28.7 Å². The van der Waals surface area contributed by atoms with Crippen LogP contribution in [0.1, 0.15) is 62.9 Å². The fourth-order valence-corrected chi connectivity index (χ4v) is 7.66. The molecule has 3 aliphatic heterocycles. The van der Waals surface area contributed by atoms with E-state index in [-0.39, 0.29) is 41.5 Å². The van der Waals surface area contributed by atoms with Gasteiger partial charge in [0.2, 0.25) is 0 Å². The van der Waals surface area contributed by atoms with Gasteiger partial charge in [0.25, 0.3) is 17.7 Å². The second-order valence-electron chi connectivity index (χ2n) is 14.6. The van der Waals surface area contributed by atoms with Crippen molar-refractivity contribution < 1.29 is 42.5 Å². The van der Waals surface area contributed by atoms with Crippen molar-refractivity contribution in [1.82, 2.24) is 30.0 Å². The molecule has 3 aromatic rings. The number of carbonyl (C=O) groups excluding carboxylic acids is 4. The molecular formula is C41H50F2N6O7. The Balaban J connectivity index is 1.19. The molecule has 300 valence electrons. The van der Waals surface area contributed by atoms with Gasteiger partial charge in [0.1, 0.15) is 29.7 Å². The molecule has 3 N–H and O–H groups in total. The molecule has 15 heteroatoms. The van der Waals surface area contributed by atoms with Crippen LogP contribution in [0.3, 0.4) is 0 Å².